The van der Waals surface area contributed by atoms with E-state index in [9.17, 15) is 8.78 Å². The van der Waals surface area contributed by atoms with Crippen LogP contribution in [0.2, 0.25) is 0 Å². The van der Waals surface area contributed by atoms with Crippen molar-refractivity contribution in [3.05, 3.63) is 29.6 Å². The standard InChI is InChI=1S/C13H19F2NO/c1-11-10-12(15)4-5-13(11)17-9-8-16(2)7-3-6-14/h4-5,10H,3,6-9H2,1-2H3. The van der Waals surface area contributed by atoms with E-state index in [1.165, 1.54) is 12.1 Å². The monoisotopic (exact) mass is 243 g/mol. The fraction of sp³-hybridized carbons (Fsp3) is 0.538. The molecule has 0 aliphatic carbocycles. The van der Waals surface area contributed by atoms with Crippen molar-refractivity contribution in [1.29, 1.82) is 0 Å². The summed E-state index contributed by atoms with van der Waals surface area (Å²) in [6, 6.07) is 4.46. The van der Waals surface area contributed by atoms with Gasteiger partial charge in [0.2, 0.25) is 0 Å². The van der Waals surface area contributed by atoms with Gasteiger partial charge in [0.05, 0.1) is 6.67 Å². The summed E-state index contributed by atoms with van der Waals surface area (Å²) in [7, 11) is 1.93. The Morgan fingerprint density at radius 1 is 1.29 bits per heavy atom. The molecular formula is C13H19F2NO. The van der Waals surface area contributed by atoms with E-state index in [0.29, 0.717) is 18.8 Å². The van der Waals surface area contributed by atoms with Crippen LogP contribution in [0.3, 0.4) is 0 Å². The molecule has 1 rings (SSSR count). The molecule has 4 heteroatoms. The fourth-order valence-electron chi connectivity index (χ4n) is 1.53. The molecule has 0 fully saturated rings. The van der Waals surface area contributed by atoms with Gasteiger partial charge in [-0.3, -0.25) is 4.39 Å². The first kappa shape index (κ1) is 13.9. The third-order valence-corrected chi connectivity index (χ3v) is 2.54. The second-order valence-corrected chi connectivity index (χ2v) is 4.10. The number of hydrogen-bond acceptors (Lipinski definition) is 2. The maximum atomic E-state index is 12.8. The Bertz CT molecular complexity index is 344. The average Bonchev–Trinajstić information content (AvgIpc) is 2.29. The maximum Gasteiger partial charge on any atom is 0.123 e. The van der Waals surface area contributed by atoms with Crippen molar-refractivity contribution in [2.45, 2.75) is 13.3 Å². The molecule has 0 saturated heterocycles. The van der Waals surface area contributed by atoms with Crippen LogP contribution >= 0.6 is 0 Å². The van der Waals surface area contributed by atoms with Crippen LogP contribution in [-0.2, 0) is 0 Å². The lowest BCUT2D eigenvalue weighted by molar-refractivity contribution is 0.230. The van der Waals surface area contributed by atoms with Gasteiger partial charge in [0, 0.05) is 13.1 Å². The molecular weight excluding hydrogens is 224 g/mol. The Kier molecular flexibility index (Phi) is 5.91. The van der Waals surface area contributed by atoms with Crippen LogP contribution in [0.25, 0.3) is 0 Å². The normalized spacial score (nSPS) is 10.9. The van der Waals surface area contributed by atoms with E-state index in [1.54, 1.807) is 6.07 Å². The maximum absolute atomic E-state index is 12.8. The first-order valence-corrected chi connectivity index (χ1v) is 5.77. The lowest BCUT2D eigenvalue weighted by Gasteiger charge is -2.16. The van der Waals surface area contributed by atoms with Crippen molar-refractivity contribution >= 4 is 0 Å². The molecule has 0 aliphatic heterocycles. The molecule has 0 bridgehead atoms. The summed E-state index contributed by atoms with van der Waals surface area (Å²) >= 11 is 0. The molecule has 96 valence electrons. The van der Waals surface area contributed by atoms with Crippen molar-refractivity contribution in [1.82, 2.24) is 4.90 Å². The molecule has 0 spiro atoms. The van der Waals surface area contributed by atoms with E-state index in [2.05, 4.69) is 0 Å². The van der Waals surface area contributed by atoms with Crippen molar-refractivity contribution in [2.24, 2.45) is 0 Å². The van der Waals surface area contributed by atoms with Gasteiger partial charge in [-0.15, -0.1) is 0 Å². The van der Waals surface area contributed by atoms with Gasteiger partial charge >= 0.3 is 0 Å². The molecule has 0 unspecified atom stereocenters. The van der Waals surface area contributed by atoms with Crippen LogP contribution in [0, 0.1) is 12.7 Å². The number of halogens is 2. The molecule has 1 aromatic rings. The Morgan fingerprint density at radius 2 is 2.06 bits per heavy atom. The molecule has 0 atom stereocenters. The second kappa shape index (κ2) is 7.22. The molecule has 0 radical (unpaired) electrons. The highest BCUT2D eigenvalue weighted by Crippen LogP contribution is 2.18. The van der Waals surface area contributed by atoms with Gasteiger partial charge in [-0.25, -0.2) is 4.39 Å². The highest BCUT2D eigenvalue weighted by atomic mass is 19.1. The van der Waals surface area contributed by atoms with E-state index < -0.39 is 0 Å². The van der Waals surface area contributed by atoms with Crippen LogP contribution in [0.1, 0.15) is 12.0 Å². The number of alkyl halides is 1. The van der Waals surface area contributed by atoms with Crippen molar-refractivity contribution < 1.29 is 13.5 Å². The van der Waals surface area contributed by atoms with Gasteiger partial charge in [-0.05, 0) is 44.2 Å². The summed E-state index contributed by atoms with van der Waals surface area (Å²) in [5, 5.41) is 0. The lowest BCUT2D eigenvalue weighted by atomic mass is 10.2. The molecule has 2 nitrogen and oxygen atoms in total. The van der Waals surface area contributed by atoms with Crippen LogP contribution in [0.5, 0.6) is 5.75 Å². The van der Waals surface area contributed by atoms with Crippen molar-refractivity contribution in [3.63, 3.8) is 0 Å². The smallest absolute Gasteiger partial charge is 0.123 e. The van der Waals surface area contributed by atoms with Gasteiger partial charge < -0.3 is 9.64 Å². The minimum absolute atomic E-state index is 0.255. The summed E-state index contributed by atoms with van der Waals surface area (Å²) < 4.78 is 30.3. The topological polar surface area (TPSA) is 12.5 Å². The number of nitrogens with zero attached hydrogens (tertiary/aromatic N) is 1. The number of hydrogen-bond donors (Lipinski definition) is 0. The summed E-state index contributed by atoms with van der Waals surface area (Å²) in [4.78, 5) is 2.01. The van der Waals surface area contributed by atoms with Crippen molar-refractivity contribution in [3.8, 4) is 5.75 Å². The summed E-state index contributed by atoms with van der Waals surface area (Å²) in [5.41, 5.74) is 0.788. The van der Waals surface area contributed by atoms with E-state index >= 15 is 0 Å². The quantitative estimate of drug-likeness (QED) is 0.730. The van der Waals surface area contributed by atoms with Crippen molar-refractivity contribution in [2.75, 3.05) is 33.4 Å². The van der Waals surface area contributed by atoms with Gasteiger partial charge in [-0.1, -0.05) is 0 Å². The van der Waals surface area contributed by atoms with Gasteiger partial charge in [0.15, 0.2) is 0 Å². The Labute approximate surface area is 101 Å². The number of aryl methyl sites for hydroxylation is 1. The third-order valence-electron chi connectivity index (χ3n) is 2.54. The Hall–Kier alpha value is -1.16. The zero-order chi connectivity index (χ0) is 12.7. The third kappa shape index (κ3) is 5.13. The van der Waals surface area contributed by atoms with Crippen LogP contribution in [0.15, 0.2) is 18.2 Å². The molecule has 0 aromatic heterocycles. The number of ether oxygens (including phenoxy) is 1. The van der Waals surface area contributed by atoms with Crippen LogP contribution in [0.4, 0.5) is 8.78 Å². The zero-order valence-corrected chi connectivity index (χ0v) is 10.4. The summed E-state index contributed by atoms with van der Waals surface area (Å²) in [6.45, 7) is 3.50. The highest BCUT2D eigenvalue weighted by Gasteiger charge is 2.02. The SMILES string of the molecule is Cc1cc(F)ccc1OCCN(C)CCCF. The first-order chi connectivity index (χ1) is 8.13. The second-order valence-electron chi connectivity index (χ2n) is 4.10. The molecule has 0 saturated carbocycles. The first-order valence-electron chi connectivity index (χ1n) is 5.77. The van der Waals surface area contributed by atoms with Crippen LogP contribution < -0.4 is 4.74 Å². The van der Waals surface area contributed by atoms with Gasteiger partial charge in [0.25, 0.3) is 0 Å². The van der Waals surface area contributed by atoms with Gasteiger partial charge in [0.1, 0.15) is 18.2 Å². The fourth-order valence-corrected chi connectivity index (χ4v) is 1.53. The van der Waals surface area contributed by atoms with E-state index in [4.69, 9.17) is 4.74 Å². The average molecular weight is 243 g/mol. The molecule has 0 N–H and O–H groups in total. The largest absolute Gasteiger partial charge is 0.492 e. The number of benzene rings is 1. The Balaban J connectivity index is 2.30. The number of rotatable bonds is 7. The van der Waals surface area contributed by atoms with E-state index in [1.807, 2.05) is 18.9 Å². The number of likely N-dealkylation sites (N-methyl/N-ethyl adjacent to an activating group) is 1. The summed E-state index contributed by atoms with van der Waals surface area (Å²) in [5.74, 6) is 0.445. The molecule has 0 heterocycles. The van der Waals surface area contributed by atoms with Crippen LogP contribution in [-0.4, -0.2) is 38.3 Å². The van der Waals surface area contributed by atoms with E-state index in [0.717, 1.165) is 18.7 Å². The molecule has 0 aliphatic rings. The minimum Gasteiger partial charge on any atom is -0.492 e. The zero-order valence-electron chi connectivity index (χ0n) is 10.4. The molecule has 17 heavy (non-hydrogen) atoms. The van der Waals surface area contributed by atoms with E-state index in [-0.39, 0.29) is 12.5 Å². The predicted octanol–water partition coefficient (Wildman–Crippen LogP) is 2.80. The predicted molar refractivity (Wildman–Crippen MR) is 64.7 cm³/mol. The molecule has 0 amide bonds. The van der Waals surface area contributed by atoms with Gasteiger partial charge in [-0.2, -0.15) is 0 Å². The molecule has 1 aromatic carbocycles. The lowest BCUT2D eigenvalue weighted by Crippen LogP contribution is -2.25. The summed E-state index contributed by atoms with van der Waals surface area (Å²) in [6.07, 6.45) is 0.548. The highest BCUT2D eigenvalue weighted by molar-refractivity contribution is 5.32. The Morgan fingerprint density at radius 3 is 2.71 bits per heavy atom. The minimum atomic E-state index is -0.289.